The number of carbonyl (C=O) groups excluding carboxylic acids is 2. The first kappa shape index (κ1) is 22.2. The Hall–Kier alpha value is -1.75. The average Bonchev–Trinajstić information content (AvgIpc) is 2.46. The van der Waals surface area contributed by atoms with E-state index in [0.29, 0.717) is 25.9 Å². The molecule has 0 fully saturated rings. The third-order valence-corrected chi connectivity index (χ3v) is 3.29. The molecule has 9 N–H and O–H groups in total. The van der Waals surface area contributed by atoms with E-state index in [1.807, 2.05) is 0 Å². The lowest BCUT2D eigenvalue weighted by Gasteiger charge is -2.22. The SMILES string of the molecule is CN(CC(=O)O)NC(=O)C[C@H](CCN)NC(=O)[C@@H](N)CCCCN. The van der Waals surface area contributed by atoms with Gasteiger partial charge in [-0.1, -0.05) is 6.42 Å². The summed E-state index contributed by atoms with van der Waals surface area (Å²) in [7, 11) is 1.44. The smallest absolute Gasteiger partial charge is 0.319 e. The molecule has 0 aliphatic carbocycles. The van der Waals surface area contributed by atoms with Crippen LogP contribution >= 0.6 is 0 Å². The van der Waals surface area contributed by atoms with Crippen molar-refractivity contribution in [3.8, 4) is 0 Å². The monoisotopic (exact) mass is 346 g/mol. The normalized spacial score (nSPS) is 13.4. The van der Waals surface area contributed by atoms with Crippen molar-refractivity contribution in [2.45, 2.75) is 44.2 Å². The number of aliphatic carboxylic acids is 1. The minimum absolute atomic E-state index is 0.0115. The average molecular weight is 346 g/mol. The number of likely N-dealkylation sites (N-methyl/N-ethyl adjacent to an activating group) is 1. The molecule has 0 saturated heterocycles. The lowest BCUT2D eigenvalue weighted by Crippen LogP contribution is -2.49. The zero-order valence-electron chi connectivity index (χ0n) is 14.2. The molecule has 0 heterocycles. The quantitative estimate of drug-likeness (QED) is 0.159. The standard InChI is InChI=1S/C14H30N6O4/c1-20(9-13(22)23)19-12(21)8-10(5-7-16)18-14(24)11(17)4-2-3-6-15/h10-11H,2-9,15-17H2,1H3,(H,18,24)(H,19,21)(H,22,23)/t10-,11-/m0/s1. The van der Waals surface area contributed by atoms with Gasteiger partial charge in [0.25, 0.3) is 0 Å². The highest BCUT2D eigenvalue weighted by atomic mass is 16.4. The summed E-state index contributed by atoms with van der Waals surface area (Å²) in [5.74, 6) is -1.81. The summed E-state index contributed by atoms with van der Waals surface area (Å²) in [5.41, 5.74) is 19.1. The number of carboxylic acids is 1. The zero-order chi connectivity index (χ0) is 18.5. The molecule has 0 rings (SSSR count). The third-order valence-electron chi connectivity index (χ3n) is 3.29. The number of hydrogen-bond acceptors (Lipinski definition) is 7. The van der Waals surface area contributed by atoms with Crippen LogP contribution in [0.15, 0.2) is 0 Å². The molecule has 0 unspecified atom stereocenters. The Kier molecular flexibility index (Phi) is 11.7. The maximum absolute atomic E-state index is 12.0. The molecule has 0 aromatic rings. The van der Waals surface area contributed by atoms with Crippen LogP contribution in [0.25, 0.3) is 0 Å². The molecule has 10 heteroatoms. The molecular weight excluding hydrogens is 316 g/mol. The maximum atomic E-state index is 12.0. The fourth-order valence-electron chi connectivity index (χ4n) is 2.10. The highest BCUT2D eigenvalue weighted by molar-refractivity contribution is 5.83. The summed E-state index contributed by atoms with van der Waals surface area (Å²) in [6, 6.07) is -1.11. The summed E-state index contributed by atoms with van der Waals surface area (Å²) in [6.07, 6.45) is 2.48. The molecule has 10 nitrogen and oxygen atoms in total. The van der Waals surface area contributed by atoms with Gasteiger partial charge in [-0.3, -0.25) is 19.8 Å². The van der Waals surface area contributed by atoms with Gasteiger partial charge in [-0.25, -0.2) is 5.01 Å². The predicted octanol–water partition coefficient (Wildman–Crippen LogP) is -2.29. The number of hydrogen-bond donors (Lipinski definition) is 6. The van der Waals surface area contributed by atoms with E-state index >= 15 is 0 Å². The van der Waals surface area contributed by atoms with Gasteiger partial charge in [0.1, 0.15) is 6.54 Å². The van der Waals surface area contributed by atoms with Crippen molar-refractivity contribution in [1.29, 1.82) is 0 Å². The van der Waals surface area contributed by atoms with E-state index in [2.05, 4.69) is 10.7 Å². The maximum Gasteiger partial charge on any atom is 0.319 e. The summed E-state index contributed by atoms with van der Waals surface area (Å²) in [5, 5.41) is 12.5. The number of carboxylic acid groups (broad SMARTS) is 1. The van der Waals surface area contributed by atoms with Crippen molar-refractivity contribution < 1.29 is 19.5 Å². The highest BCUT2D eigenvalue weighted by Gasteiger charge is 2.20. The van der Waals surface area contributed by atoms with Crippen molar-refractivity contribution in [3.63, 3.8) is 0 Å². The van der Waals surface area contributed by atoms with E-state index in [0.717, 1.165) is 17.9 Å². The first-order chi connectivity index (χ1) is 11.3. The van der Waals surface area contributed by atoms with Crippen LogP contribution in [0.4, 0.5) is 0 Å². The van der Waals surface area contributed by atoms with Crippen LogP contribution in [-0.4, -0.2) is 66.7 Å². The zero-order valence-corrected chi connectivity index (χ0v) is 14.2. The number of amides is 2. The number of carbonyl (C=O) groups is 3. The van der Waals surface area contributed by atoms with Gasteiger partial charge in [0.15, 0.2) is 0 Å². The molecule has 0 radical (unpaired) electrons. The molecule has 0 aliphatic rings. The van der Waals surface area contributed by atoms with Gasteiger partial charge in [-0.2, -0.15) is 0 Å². The van der Waals surface area contributed by atoms with E-state index in [9.17, 15) is 14.4 Å². The van der Waals surface area contributed by atoms with Crippen molar-refractivity contribution in [1.82, 2.24) is 15.8 Å². The minimum atomic E-state index is -1.06. The van der Waals surface area contributed by atoms with E-state index in [1.165, 1.54) is 7.05 Å². The van der Waals surface area contributed by atoms with Crippen molar-refractivity contribution in [2.75, 3.05) is 26.7 Å². The Morgan fingerprint density at radius 1 is 1.12 bits per heavy atom. The Balaban J connectivity index is 4.39. The molecular formula is C14H30N6O4. The molecule has 0 bridgehead atoms. The van der Waals surface area contributed by atoms with Gasteiger partial charge in [-0.15, -0.1) is 0 Å². The Morgan fingerprint density at radius 2 is 1.79 bits per heavy atom. The largest absolute Gasteiger partial charge is 0.480 e. The molecule has 24 heavy (non-hydrogen) atoms. The van der Waals surface area contributed by atoms with Gasteiger partial charge >= 0.3 is 5.97 Å². The fraction of sp³-hybridized carbons (Fsp3) is 0.786. The molecule has 0 spiro atoms. The molecule has 140 valence electrons. The second kappa shape index (κ2) is 12.6. The van der Waals surface area contributed by atoms with E-state index < -0.39 is 24.0 Å². The number of nitrogens with two attached hydrogens (primary N) is 3. The van der Waals surface area contributed by atoms with Gasteiger partial charge < -0.3 is 27.6 Å². The molecule has 2 atom stereocenters. The highest BCUT2D eigenvalue weighted by Crippen LogP contribution is 2.02. The second-order valence-electron chi connectivity index (χ2n) is 5.66. The molecule has 0 saturated carbocycles. The van der Waals surface area contributed by atoms with Crippen LogP contribution in [0.2, 0.25) is 0 Å². The van der Waals surface area contributed by atoms with Crippen LogP contribution in [0.1, 0.15) is 32.1 Å². The van der Waals surface area contributed by atoms with Gasteiger partial charge in [0, 0.05) is 19.5 Å². The minimum Gasteiger partial charge on any atom is -0.480 e. The Morgan fingerprint density at radius 3 is 2.33 bits per heavy atom. The van der Waals surface area contributed by atoms with Gasteiger partial charge in [-0.05, 0) is 32.4 Å². The number of nitrogens with one attached hydrogen (secondary N) is 2. The van der Waals surface area contributed by atoms with Crippen molar-refractivity contribution in [2.24, 2.45) is 17.2 Å². The van der Waals surface area contributed by atoms with Crippen molar-refractivity contribution in [3.05, 3.63) is 0 Å². The van der Waals surface area contributed by atoms with Crippen molar-refractivity contribution >= 4 is 17.8 Å². The Labute approximate surface area is 142 Å². The van der Waals surface area contributed by atoms with Crippen LogP contribution < -0.4 is 27.9 Å². The number of unbranched alkanes of at least 4 members (excludes halogenated alkanes) is 1. The Bertz CT molecular complexity index is 407. The van der Waals surface area contributed by atoms with Crippen LogP contribution in [0.5, 0.6) is 0 Å². The van der Waals surface area contributed by atoms with Gasteiger partial charge in [0.05, 0.1) is 6.04 Å². The number of hydrazine groups is 1. The molecule has 0 aromatic carbocycles. The molecule has 2 amide bonds. The van der Waals surface area contributed by atoms with Crippen LogP contribution in [-0.2, 0) is 14.4 Å². The second-order valence-corrected chi connectivity index (χ2v) is 5.66. The first-order valence-corrected chi connectivity index (χ1v) is 7.98. The third kappa shape index (κ3) is 10.9. The van der Waals surface area contributed by atoms with E-state index in [-0.39, 0.29) is 18.9 Å². The first-order valence-electron chi connectivity index (χ1n) is 7.98. The summed E-state index contributed by atoms with van der Waals surface area (Å²) in [6.45, 7) is 0.519. The lowest BCUT2D eigenvalue weighted by atomic mass is 10.1. The lowest BCUT2D eigenvalue weighted by molar-refractivity contribution is -0.139. The van der Waals surface area contributed by atoms with Crippen LogP contribution in [0.3, 0.4) is 0 Å². The predicted molar refractivity (Wildman–Crippen MR) is 89.5 cm³/mol. The van der Waals surface area contributed by atoms with E-state index in [4.69, 9.17) is 22.3 Å². The van der Waals surface area contributed by atoms with Gasteiger partial charge in [0.2, 0.25) is 11.8 Å². The number of nitrogens with zero attached hydrogens (tertiary/aromatic N) is 1. The fourth-order valence-corrected chi connectivity index (χ4v) is 2.10. The summed E-state index contributed by atoms with van der Waals surface area (Å²) in [4.78, 5) is 34.5. The summed E-state index contributed by atoms with van der Waals surface area (Å²) >= 11 is 0. The molecule has 0 aliphatic heterocycles. The molecule has 0 aromatic heterocycles. The van der Waals surface area contributed by atoms with E-state index in [1.54, 1.807) is 0 Å². The summed E-state index contributed by atoms with van der Waals surface area (Å²) < 4.78 is 0. The van der Waals surface area contributed by atoms with Crippen LogP contribution in [0, 0.1) is 0 Å². The topological polar surface area (TPSA) is 177 Å². The number of rotatable bonds is 13.